The molecule has 2 rings (SSSR count). The maximum Gasteiger partial charge on any atom is 0.224 e. The van der Waals surface area contributed by atoms with Crippen LogP contribution in [-0.4, -0.2) is 40.4 Å². The van der Waals surface area contributed by atoms with Crippen LogP contribution in [0.4, 0.5) is 0 Å². The van der Waals surface area contributed by atoms with Gasteiger partial charge in [0.05, 0.1) is 0 Å². The molecule has 2 aliphatic heterocycles. The summed E-state index contributed by atoms with van der Waals surface area (Å²) < 4.78 is 0. The molecule has 0 saturated carbocycles. The number of carbonyl (C=O) groups excluding carboxylic acids is 2. The molecule has 0 aromatic carbocycles. The minimum Gasteiger partial charge on any atom is -0.320 e. The molecule has 2 saturated heterocycles. The fraction of sp³-hybridized carbons (Fsp3) is 0.875. The largest absolute Gasteiger partial charge is 0.320 e. The molecule has 4 heteroatoms. The summed E-state index contributed by atoms with van der Waals surface area (Å²) in [6, 6.07) is 0. The number of rotatable bonds is 3. The molecule has 2 amide bonds. The van der Waals surface area contributed by atoms with Crippen LogP contribution in [0.2, 0.25) is 0 Å². The van der Waals surface area contributed by atoms with Crippen molar-refractivity contribution in [3.05, 3.63) is 0 Å². The first kappa shape index (κ1) is 15.3. The summed E-state index contributed by atoms with van der Waals surface area (Å²) in [5, 5.41) is 0. The molecule has 0 aliphatic carbocycles. The molecule has 0 N–H and O–H groups in total. The van der Waals surface area contributed by atoms with Gasteiger partial charge in [-0.3, -0.25) is 9.59 Å². The van der Waals surface area contributed by atoms with E-state index >= 15 is 0 Å². The summed E-state index contributed by atoms with van der Waals surface area (Å²) in [5.74, 6) is 0.452. The first-order chi connectivity index (χ1) is 9.59. The van der Waals surface area contributed by atoms with E-state index in [9.17, 15) is 9.59 Å². The van der Waals surface area contributed by atoms with Crippen LogP contribution < -0.4 is 0 Å². The van der Waals surface area contributed by atoms with Crippen molar-refractivity contribution in [1.82, 2.24) is 9.80 Å². The maximum atomic E-state index is 12.4. The lowest BCUT2D eigenvalue weighted by Crippen LogP contribution is -2.62. The summed E-state index contributed by atoms with van der Waals surface area (Å²) >= 11 is 0. The Labute approximate surface area is 122 Å². The highest BCUT2D eigenvalue weighted by atomic mass is 16.2. The molecule has 0 radical (unpaired) electrons. The van der Waals surface area contributed by atoms with Crippen molar-refractivity contribution in [1.29, 1.82) is 0 Å². The van der Waals surface area contributed by atoms with Gasteiger partial charge in [0.25, 0.3) is 0 Å². The highest BCUT2D eigenvalue weighted by Crippen LogP contribution is 2.30. The lowest BCUT2D eigenvalue weighted by Gasteiger charge is -2.48. The highest BCUT2D eigenvalue weighted by molar-refractivity contribution is 5.80. The number of carbonyl (C=O) groups is 2. The van der Waals surface area contributed by atoms with E-state index in [0.29, 0.717) is 12.8 Å². The third-order valence-corrected chi connectivity index (χ3v) is 4.98. The third-order valence-electron chi connectivity index (χ3n) is 4.98. The summed E-state index contributed by atoms with van der Waals surface area (Å²) in [4.78, 5) is 28.9. The molecule has 114 valence electrons. The van der Waals surface area contributed by atoms with Gasteiger partial charge in [-0.25, -0.2) is 0 Å². The molecule has 2 heterocycles. The number of hydrogen-bond donors (Lipinski definition) is 0. The molecular weight excluding hydrogens is 252 g/mol. The Hall–Kier alpha value is -1.06. The normalized spacial score (nSPS) is 22.7. The molecule has 0 aromatic heterocycles. The van der Waals surface area contributed by atoms with Gasteiger partial charge in [0.15, 0.2) is 0 Å². The molecule has 0 aromatic rings. The van der Waals surface area contributed by atoms with Crippen molar-refractivity contribution >= 4 is 11.8 Å². The number of nitrogens with zero attached hydrogens (tertiary/aromatic N) is 2. The quantitative estimate of drug-likeness (QED) is 0.797. The molecular formula is C16H28N2O2. The molecule has 2 fully saturated rings. The van der Waals surface area contributed by atoms with Gasteiger partial charge >= 0.3 is 0 Å². The summed E-state index contributed by atoms with van der Waals surface area (Å²) in [7, 11) is 0. The van der Waals surface area contributed by atoms with Crippen molar-refractivity contribution in [3.8, 4) is 0 Å². The molecule has 0 bridgehead atoms. The van der Waals surface area contributed by atoms with Gasteiger partial charge in [0, 0.05) is 25.9 Å². The molecule has 0 spiro atoms. The van der Waals surface area contributed by atoms with Crippen LogP contribution >= 0.6 is 0 Å². The van der Waals surface area contributed by atoms with E-state index in [1.807, 2.05) is 9.80 Å². The molecule has 4 nitrogen and oxygen atoms in total. The minimum absolute atomic E-state index is 0.226. The predicted molar refractivity (Wildman–Crippen MR) is 79.1 cm³/mol. The van der Waals surface area contributed by atoms with Crippen LogP contribution in [0, 0.1) is 0 Å². The maximum absolute atomic E-state index is 12.4. The first-order valence-electron chi connectivity index (χ1n) is 8.20. The van der Waals surface area contributed by atoms with Crippen molar-refractivity contribution in [2.45, 2.75) is 77.3 Å². The van der Waals surface area contributed by atoms with E-state index in [1.165, 1.54) is 0 Å². The second-order valence-electron chi connectivity index (χ2n) is 6.28. The standard InChI is InChI=1S/C16H28N2O2/c1-3-16(2,17-12-8-4-6-10-14(17)19)18-13-9-5-7-11-15(18)20/h3-13H2,1-2H3. The van der Waals surface area contributed by atoms with Crippen LogP contribution in [0.3, 0.4) is 0 Å². The second kappa shape index (κ2) is 6.59. The minimum atomic E-state index is -0.428. The van der Waals surface area contributed by atoms with Gasteiger partial charge in [0.1, 0.15) is 5.66 Å². The zero-order chi connectivity index (χ0) is 14.6. The van der Waals surface area contributed by atoms with Crippen molar-refractivity contribution in [2.24, 2.45) is 0 Å². The molecule has 0 unspecified atom stereocenters. The van der Waals surface area contributed by atoms with Gasteiger partial charge in [-0.1, -0.05) is 19.8 Å². The Balaban J connectivity index is 2.25. The zero-order valence-electron chi connectivity index (χ0n) is 13.0. The van der Waals surface area contributed by atoms with E-state index in [4.69, 9.17) is 0 Å². The number of hydrogen-bond acceptors (Lipinski definition) is 2. The average Bonchev–Trinajstić information content (AvgIpc) is 2.78. The fourth-order valence-electron chi connectivity index (χ4n) is 3.51. The topological polar surface area (TPSA) is 40.6 Å². The van der Waals surface area contributed by atoms with Crippen molar-refractivity contribution in [3.63, 3.8) is 0 Å². The van der Waals surface area contributed by atoms with Gasteiger partial charge in [-0.2, -0.15) is 0 Å². The Morgan fingerprint density at radius 1 is 0.850 bits per heavy atom. The van der Waals surface area contributed by atoms with Crippen molar-refractivity contribution in [2.75, 3.05) is 13.1 Å². The average molecular weight is 280 g/mol. The predicted octanol–water partition coefficient (Wildman–Crippen LogP) is 2.92. The highest BCUT2D eigenvalue weighted by Gasteiger charge is 2.41. The van der Waals surface area contributed by atoms with E-state index in [1.54, 1.807) is 0 Å². The van der Waals surface area contributed by atoms with Gasteiger partial charge < -0.3 is 9.80 Å². The smallest absolute Gasteiger partial charge is 0.224 e. The van der Waals surface area contributed by atoms with E-state index in [0.717, 1.165) is 58.0 Å². The Morgan fingerprint density at radius 2 is 1.30 bits per heavy atom. The van der Waals surface area contributed by atoms with Gasteiger partial charge in [-0.15, -0.1) is 0 Å². The SMILES string of the molecule is CCC(C)(N1CCCCCC1=O)N1CCCCCC1=O. The summed E-state index contributed by atoms with van der Waals surface area (Å²) in [6.07, 6.45) is 8.42. The van der Waals surface area contributed by atoms with Crippen LogP contribution in [0.15, 0.2) is 0 Å². The lowest BCUT2D eigenvalue weighted by atomic mass is 10.0. The third kappa shape index (κ3) is 2.99. The monoisotopic (exact) mass is 280 g/mol. The van der Waals surface area contributed by atoms with Crippen LogP contribution in [0.5, 0.6) is 0 Å². The first-order valence-corrected chi connectivity index (χ1v) is 8.20. The van der Waals surface area contributed by atoms with Gasteiger partial charge in [0.2, 0.25) is 11.8 Å². The number of likely N-dealkylation sites (tertiary alicyclic amines) is 2. The van der Waals surface area contributed by atoms with Crippen LogP contribution in [-0.2, 0) is 9.59 Å². The molecule has 2 aliphatic rings. The summed E-state index contributed by atoms with van der Waals surface area (Å²) in [6.45, 7) is 5.77. The lowest BCUT2D eigenvalue weighted by molar-refractivity contribution is -0.157. The zero-order valence-corrected chi connectivity index (χ0v) is 13.0. The Morgan fingerprint density at radius 3 is 1.70 bits per heavy atom. The van der Waals surface area contributed by atoms with E-state index in [2.05, 4.69) is 13.8 Å². The van der Waals surface area contributed by atoms with Crippen LogP contribution in [0.25, 0.3) is 0 Å². The van der Waals surface area contributed by atoms with Crippen molar-refractivity contribution < 1.29 is 9.59 Å². The number of amides is 2. The molecule has 20 heavy (non-hydrogen) atoms. The Kier molecular flexibility index (Phi) is 5.06. The Bertz CT molecular complexity index is 337. The molecule has 0 atom stereocenters. The summed E-state index contributed by atoms with van der Waals surface area (Å²) in [5.41, 5.74) is -0.428. The second-order valence-corrected chi connectivity index (χ2v) is 6.28. The fourth-order valence-corrected chi connectivity index (χ4v) is 3.51. The van der Waals surface area contributed by atoms with Crippen LogP contribution in [0.1, 0.15) is 71.6 Å². The van der Waals surface area contributed by atoms with E-state index < -0.39 is 5.66 Å². The van der Waals surface area contributed by atoms with Gasteiger partial charge in [-0.05, 0) is 39.0 Å². The van der Waals surface area contributed by atoms with E-state index in [-0.39, 0.29) is 11.8 Å².